The number of fused-ring (bicyclic) bond motifs is 2. The number of imidazole rings is 1. The number of rotatable bonds is 3. The molecule has 2 aliphatic rings. The van der Waals surface area contributed by atoms with Gasteiger partial charge in [-0.1, -0.05) is 6.07 Å². The first-order valence-electron chi connectivity index (χ1n) is 9.82. The van der Waals surface area contributed by atoms with Crippen molar-refractivity contribution in [2.75, 3.05) is 26.7 Å². The lowest BCUT2D eigenvalue weighted by Gasteiger charge is -2.29. The van der Waals surface area contributed by atoms with Gasteiger partial charge in [-0.2, -0.15) is 5.10 Å². The van der Waals surface area contributed by atoms with Crippen molar-refractivity contribution in [1.29, 1.82) is 0 Å². The van der Waals surface area contributed by atoms with Crippen LogP contribution in [-0.2, 0) is 19.5 Å². The molecule has 2 N–H and O–H groups in total. The summed E-state index contributed by atoms with van der Waals surface area (Å²) in [7, 11) is 2.15. The van der Waals surface area contributed by atoms with Crippen LogP contribution in [0.4, 0.5) is 0 Å². The molecule has 7 nitrogen and oxygen atoms in total. The van der Waals surface area contributed by atoms with Gasteiger partial charge in [-0.25, -0.2) is 4.79 Å². The summed E-state index contributed by atoms with van der Waals surface area (Å²) in [6, 6.07) is 6.74. The molecule has 0 radical (unpaired) electrons. The average molecular weight is 366 g/mol. The molecule has 7 heteroatoms. The highest BCUT2D eigenvalue weighted by Gasteiger charge is 2.22. The zero-order chi connectivity index (χ0) is 18.4. The van der Waals surface area contributed by atoms with Crippen LogP contribution in [0.2, 0.25) is 0 Å². The second-order valence-electron chi connectivity index (χ2n) is 8.02. The molecule has 2 aliphatic heterocycles. The number of aromatic nitrogens is 4. The van der Waals surface area contributed by atoms with Crippen molar-refractivity contribution in [3.8, 4) is 0 Å². The number of hydrogen-bond acceptors (Lipinski definition) is 4. The van der Waals surface area contributed by atoms with Gasteiger partial charge in [0.05, 0.1) is 17.2 Å². The van der Waals surface area contributed by atoms with E-state index in [9.17, 15) is 4.79 Å². The molecule has 0 unspecified atom stereocenters. The summed E-state index contributed by atoms with van der Waals surface area (Å²) in [5, 5.41) is 7.24. The number of nitrogens with zero attached hydrogens (tertiary/aromatic N) is 4. The molecule has 0 aliphatic carbocycles. The molecule has 4 heterocycles. The molecule has 3 aromatic rings. The number of aromatic amines is 2. The Hall–Kier alpha value is -2.38. The van der Waals surface area contributed by atoms with Gasteiger partial charge in [0.2, 0.25) is 0 Å². The first kappa shape index (κ1) is 16.8. The maximum atomic E-state index is 12.6. The zero-order valence-electron chi connectivity index (χ0n) is 15.7. The van der Waals surface area contributed by atoms with Gasteiger partial charge in [0.25, 0.3) is 0 Å². The number of H-pyrrole nitrogens is 2. The molecule has 0 atom stereocenters. The summed E-state index contributed by atoms with van der Waals surface area (Å²) in [6.45, 7) is 4.94. The van der Waals surface area contributed by atoms with Gasteiger partial charge < -0.3 is 9.88 Å². The second kappa shape index (κ2) is 6.65. The van der Waals surface area contributed by atoms with E-state index in [1.54, 1.807) is 0 Å². The third-order valence-electron chi connectivity index (χ3n) is 6.12. The summed E-state index contributed by atoms with van der Waals surface area (Å²) >= 11 is 0. The van der Waals surface area contributed by atoms with Crippen LogP contribution in [0.1, 0.15) is 35.7 Å². The third kappa shape index (κ3) is 3.11. The van der Waals surface area contributed by atoms with Crippen LogP contribution in [0.5, 0.6) is 0 Å². The molecular formula is C20H26N6O. The molecule has 27 heavy (non-hydrogen) atoms. The van der Waals surface area contributed by atoms with E-state index >= 15 is 0 Å². The number of benzene rings is 1. The monoisotopic (exact) mass is 366 g/mol. The number of likely N-dealkylation sites (tertiary alicyclic amines) is 1. The minimum Gasteiger partial charge on any atom is -0.306 e. The summed E-state index contributed by atoms with van der Waals surface area (Å²) in [5.41, 5.74) is 5.82. The number of nitrogens with one attached hydrogen (secondary N) is 2. The fourth-order valence-corrected chi connectivity index (χ4v) is 4.57. The van der Waals surface area contributed by atoms with Gasteiger partial charge in [0.1, 0.15) is 0 Å². The highest BCUT2D eigenvalue weighted by Crippen LogP contribution is 2.25. The predicted molar refractivity (Wildman–Crippen MR) is 105 cm³/mol. The van der Waals surface area contributed by atoms with E-state index in [4.69, 9.17) is 0 Å². The minimum atomic E-state index is 0.0257. The van der Waals surface area contributed by atoms with Crippen LogP contribution >= 0.6 is 0 Å². The Morgan fingerprint density at radius 2 is 2.07 bits per heavy atom. The lowest BCUT2D eigenvalue weighted by molar-refractivity contribution is 0.221. The van der Waals surface area contributed by atoms with E-state index in [-0.39, 0.29) is 5.69 Å². The van der Waals surface area contributed by atoms with Crippen molar-refractivity contribution < 1.29 is 0 Å². The Morgan fingerprint density at radius 3 is 2.93 bits per heavy atom. The standard InChI is InChI=1S/C20H26N6O/c1-24-7-4-16(5-8-24)26-19-3-2-14(10-18(19)22-20(26)27)12-25-9-6-17-15(13-25)11-21-23-17/h2-3,10-11,16H,4-9,12-13H2,1H3,(H,21,23)(H,22,27). The molecule has 5 rings (SSSR count). The van der Waals surface area contributed by atoms with Crippen LogP contribution in [-0.4, -0.2) is 56.2 Å². The maximum Gasteiger partial charge on any atom is 0.326 e. The number of piperidine rings is 1. The number of hydrogen-bond donors (Lipinski definition) is 2. The largest absolute Gasteiger partial charge is 0.326 e. The van der Waals surface area contributed by atoms with Crippen LogP contribution < -0.4 is 5.69 Å². The fourth-order valence-electron chi connectivity index (χ4n) is 4.57. The van der Waals surface area contributed by atoms with E-state index < -0.39 is 0 Å². The molecule has 142 valence electrons. The summed E-state index contributed by atoms with van der Waals surface area (Å²) in [4.78, 5) is 20.5. The van der Waals surface area contributed by atoms with Crippen molar-refractivity contribution in [2.24, 2.45) is 0 Å². The lowest BCUT2D eigenvalue weighted by Crippen LogP contribution is -2.34. The highest BCUT2D eigenvalue weighted by molar-refractivity contribution is 5.76. The van der Waals surface area contributed by atoms with Crippen LogP contribution in [0.25, 0.3) is 11.0 Å². The lowest BCUT2D eigenvalue weighted by atomic mass is 10.0. The van der Waals surface area contributed by atoms with Gasteiger partial charge in [0, 0.05) is 43.4 Å². The van der Waals surface area contributed by atoms with E-state index in [1.165, 1.54) is 16.8 Å². The fraction of sp³-hybridized carbons (Fsp3) is 0.500. The second-order valence-corrected chi connectivity index (χ2v) is 8.02. The van der Waals surface area contributed by atoms with Gasteiger partial charge in [-0.3, -0.25) is 14.6 Å². The quantitative estimate of drug-likeness (QED) is 0.742. The average Bonchev–Trinajstić information content (AvgIpc) is 3.25. The van der Waals surface area contributed by atoms with Gasteiger partial charge in [-0.05, 0) is 50.7 Å². The first-order valence-corrected chi connectivity index (χ1v) is 9.82. The molecule has 0 saturated carbocycles. The smallest absolute Gasteiger partial charge is 0.306 e. The maximum absolute atomic E-state index is 12.6. The van der Waals surface area contributed by atoms with Crippen molar-refractivity contribution >= 4 is 11.0 Å². The zero-order valence-corrected chi connectivity index (χ0v) is 15.7. The van der Waals surface area contributed by atoms with Crippen LogP contribution in [0, 0.1) is 0 Å². The van der Waals surface area contributed by atoms with Crippen molar-refractivity contribution in [1.82, 2.24) is 29.5 Å². The van der Waals surface area contributed by atoms with E-state index in [1.807, 2.05) is 10.8 Å². The Kier molecular flexibility index (Phi) is 4.13. The first-order chi connectivity index (χ1) is 13.2. The van der Waals surface area contributed by atoms with Crippen LogP contribution in [0.3, 0.4) is 0 Å². The molecule has 1 aromatic carbocycles. The molecule has 0 bridgehead atoms. The molecule has 1 fully saturated rings. The Labute approximate surface area is 158 Å². The Morgan fingerprint density at radius 1 is 1.22 bits per heavy atom. The van der Waals surface area contributed by atoms with Crippen molar-refractivity contribution in [2.45, 2.75) is 38.4 Å². The summed E-state index contributed by atoms with van der Waals surface area (Å²) < 4.78 is 1.98. The minimum absolute atomic E-state index is 0.0257. The van der Waals surface area contributed by atoms with Gasteiger partial charge in [0.15, 0.2) is 0 Å². The molecule has 0 amide bonds. The molecule has 2 aromatic heterocycles. The molecule has 1 saturated heterocycles. The summed E-state index contributed by atoms with van der Waals surface area (Å²) in [5.74, 6) is 0. The van der Waals surface area contributed by atoms with Crippen LogP contribution in [0.15, 0.2) is 29.2 Å². The van der Waals surface area contributed by atoms with E-state index in [2.05, 4.69) is 50.2 Å². The van der Waals surface area contributed by atoms with Crippen molar-refractivity contribution in [3.63, 3.8) is 0 Å². The summed E-state index contributed by atoms with van der Waals surface area (Å²) in [6.07, 6.45) is 5.02. The third-order valence-corrected chi connectivity index (χ3v) is 6.12. The van der Waals surface area contributed by atoms with Gasteiger partial charge in [-0.15, -0.1) is 0 Å². The Bertz CT molecular complexity index is 1010. The molecule has 0 spiro atoms. The Balaban J connectivity index is 1.38. The normalized spacial score (nSPS) is 19.6. The predicted octanol–water partition coefficient (Wildman–Crippen LogP) is 1.88. The van der Waals surface area contributed by atoms with E-state index in [0.717, 1.165) is 63.0 Å². The van der Waals surface area contributed by atoms with E-state index in [0.29, 0.717) is 6.04 Å². The van der Waals surface area contributed by atoms with Crippen molar-refractivity contribution in [3.05, 3.63) is 51.7 Å². The highest BCUT2D eigenvalue weighted by atomic mass is 16.1. The molecular weight excluding hydrogens is 340 g/mol. The topological polar surface area (TPSA) is 73.0 Å². The SMILES string of the molecule is CN1CCC(n2c(=O)[nH]c3cc(CN4CCc5[nH]ncc5C4)ccc32)CC1. The van der Waals surface area contributed by atoms with Gasteiger partial charge >= 0.3 is 5.69 Å².